The molecule has 9 nitrogen and oxygen atoms in total. The smallest absolute Gasteiger partial charge is 0.351 e. The molecule has 5 rings (SSSR count). The first kappa shape index (κ1) is 22.1. The fourth-order valence-electron chi connectivity index (χ4n) is 4.23. The van der Waals surface area contributed by atoms with Crippen molar-refractivity contribution in [3.63, 3.8) is 0 Å². The van der Waals surface area contributed by atoms with Gasteiger partial charge in [-0.05, 0) is 30.0 Å². The molecule has 12 heteroatoms. The molecule has 0 spiro atoms. The quantitative estimate of drug-likeness (QED) is 0.562. The molecule has 1 fully saturated rings. The van der Waals surface area contributed by atoms with Crippen molar-refractivity contribution in [1.82, 2.24) is 24.9 Å². The minimum Gasteiger partial charge on any atom is -0.351 e. The molecule has 0 radical (unpaired) electrons. The number of anilines is 4. The Bertz CT molecular complexity index is 1090. The Hall–Kier alpha value is -3.70. The van der Waals surface area contributed by atoms with Crippen LogP contribution >= 0.6 is 0 Å². The van der Waals surface area contributed by atoms with Crippen molar-refractivity contribution in [3.05, 3.63) is 53.9 Å². The highest BCUT2D eigenvalue weighted by molar-refractivity contribution is 5.47. The first-order valence-corrected chi connectivity index (χ1v) is 11.1. The summed E-state index contributed by atoms with van der Waals surface area (Å²) in [5, 5.41) is 5.60. The van der Waals surface area contributed by atoms with Gasteiger partial charge in [-0.15, -0.1) is 0 Å². The van der Waals surface area contributed by atoms with Gasteiger partial charge in [-0.1, -0.05) is 24.3 Å². The fraction of sp³-hybridized carbons (Fsp3) is 0.409. The van der Waals surface area contributed by atoms with Crippen molar-refractivity contribution in [2.75, 3.05) is 53.2 Å². The van der Waals surface area contributed by atoms with Gasteiger partial charge in [0.15, 0.2) is 0 Å². The van der Waals surface area contributed by atoms with Crippen LogP contribution in [0.2, 0.25) is 0 Å². The largest absolute Gasteiger partial charge is 0.405 e. The van der Waals surface area contributed by atoms with E-state index in [1.54, 1.807) is 18.5 Å². The summed E-state index contributed by atoms with van der Waals surface area (Å²) in [5.41, 5.74) is 2.51. The average molecular weight is 471 g/mol. The van der Waals surface area contributed by atoms with E-state index in [2.05, 4.69) is 52.6 Å². The lowest BCUT2D eigenvalue weighted by Gasteiger charge is -2.34. The number of aromatic nitrogens is 5. The third-order valence-electron chi connectivity index (χ3n) is 5.85. The van der Waals surface area contributed by atoms with Crippen LogP contribution in [-0.2, 0) is 12.8 Å². The number of rotatable bonds is 6. The van der Waals surface area contributed by atoms with E-state index in [1.165, 1.54) is 11.1 Å². The highest BCUT2D eigenvalue weighted by atomic mass is 19.4. The number of piperazine rings is 1. The summed E-state index contributed by atoms with van der Waals surface area (Å²) in [5.74, 6) is 1.15. The zero-order valence-electron chi connectivity index (χ0n) is 18.3. The van der Waals surface area contributed by atoms with Crippen LogP contribution < -0.4 is 20.4 Å². The minimum absolute atomic E-state index is 0.0650. The molecule has 2 aromatic heterocycles. The third-order valence-corrected chi connectivity index (χ3v) is 5.85. The van der Waals surface area contributed by atoms with Gasteiger partial charge in [0.1, 0.15) is 6.54 Å². The molecule has 0 bridgehead atoms. The summed E-state index contributed by atoms with van der Waals surface area (Å²) in [7, 11) is 0. The zero-order chi connectivity index (χ0) is 23.5. The SMILES string of the molecule is FC(F)(F)CNc1nc(NC2Cc3ccccc3C2)nc(N2CCN(c3ncccn3)CC2)n1. The maximum atomic E-state index is 12.8. The number of hydrogen-bond acceptors (Lipinski definition) is 9. The normalized spacial score (nSPS) is 16.4. The standard InChI is InChI=1S/C22H24F3N9/c23-22(24,25)14-28-18-30-19(29-17-12-15-4-1-2-5-16(15)13-17)32-21(31-18)34-10-8-33(9-11-34)20-26-6-3-7-27-20/h1-7,17H,8-14H2,(H2,28,29,30,31,32). The zero-order valence-corrected chi connectivity index (χ0v) is 18.3. The summed E-state index contributed by atoms with van der Waals surface area (Å²) in [6.07, 6.45) is 0.613. The van der Waals surface area contributed by atoms with E-state index in [4.69, 9.17) is 0 Å². The van der Waals surface area contributed by atoms with E-state index in [0.717, 1.165) is 12.8 Å². The van der Waals surface area contributed by atoms with E-state index < -0.39 is 12.7 Å². The number of benzene rings is 1. The lowest BCUT2D eigenvalue weighted by Crippen LogP contribution is -2.47. The van der Waals surface area contributed by atoms with Crippen LogP contribution in [0.5, 0.6) is 0 Å². The van der Waals surface area contributed by atoms with Gasteiger partial charge in [0.2, 0.25) is 23.8 Å². The second-order valence-corrected chi connectivity index (χ2v) is 8.29. The molecule has 34 heavy (non-hydrogen) atoms. The predicted molar refractivity (Wildman–Crippen MR) is 122 cm³/mol. The lowest BCUT2D eigenvalue weighted by atomic mass is 10.1. The molecule has 2 aliphatic rings. The van der Waals surface area contributed by atoms with E-state index in [0.29, 0.717) is 38.1 Å². The van der Waals surface area contributed by atoms with E-state index in [1.807, 2.05) is 17.0 Å². The molecule has 0 atom stereocenters. The van der Waals surface area contributed by atoms with Crippen molar-refractivity contribution < 1.29 is 13.2 Å². The maximum absolute atomic E-state index is 12.8. The van der Waals surface area contributed by atoms with E-state index in [9.17, 15) is 13.2 Å². The Labute approximate surface area is 194 Å². The summed E-state index contributed by atoms with van der Waals surface area (Å²) in [6, 6.07) is 10.0. The van der Waals surface area contributed by atoms with Gasteiger partial charge in [-0.2, -0.15) is 28.1 Å². The molecule has 1 aromatic carbocycles. The number of hydrogen-bond donors (Lipinski definition) is 2. The highest BCUT2D eigenvalue weighted by Gasteiger charge is 2.28. The van der Waals surface area contributed by atoms with Gasteiger partial charge < -0.3 is 20.4 Å². The van der Waals surface area contributed by atoms with Crippen molar-refractivity contribution >= 4 is 23.8 Å². The van der Waals surface area contributed by atoms with Crippen LogP contribution in [0.15, 0.2) is 42.7 Å². The van der Waals surface area contributed by atoms with Crippen LogP contribution in [0, 0.1) is 0 Å². The Kier molecular flexibility index (Phi) is 6.03. The lowest BCUT2D eigenvalue weighted by molar-refractivity contribution is -0.115. The average Bonchev–Trinajstić information content (AvgIpc) is 3.25. The molecule has 1 aliphatic carbocycles. The molecule has 3 aromatic rings. The third kappa shape index (κ3) is 5.26. The molecule has 1 saturated heterocycles. The minimum atomic E-state index is -4.38. The van der Waals surface area contributed by atoms with Crippen molar-refractivity contribution in [1.29, 1.82) is 0 Å². The Morgan fingerprint density at radius 1 is 0.794 bits per heavy atom. The van der Waals surface area contributed by atoms with Crippen LogP contribution in [0.4, 0.5) is 37.0 Å². The number of alkyl halides is 3. The molecule has 0 amide bonds. The van der Waals surface area contributed by atoms with E-state index in [-0.39, 0.29) is 17.9 Å². The second-order valence-electron chi connectivity index (χ2n) is 8.29. The predicted octanol–water partition coefficient (Wildman–Crippen LogP) is 2.54. The summed E-state index contributed by atoms with van der Waals surface area (Å²) >= 11 is 0. The van der Waals surface area contributed by atoms with Crippen LogP contribution in [0.3, 0.4) is 0 Å². The topological polar surface area (TPSA) is 95.0 Å². The Balaban J connectivity index is 1.32. The molecule has 3 heterocycles. The van der Waals surface area contributed by atoms with Crippen molar-refractivity contribution in [2.45, 2.75) is 25.1 Å². The first-order chi connectivity index (χ1) is 16.4. The first-order valence-electron chi connectivity index (χ1n) is 11.1. The molecule has 1 aliphatic heterocycles. The molecule has 0 unspecified atom stereocenters. The number of fused-ring (bicyclic) bond motifs is 1. The molecule has 0 saturated carbocycles. The van der Waals surface area contributed by atoms with Crippen molar-refractivity contribution in [2.24, 2.45) is 0 Å². The summed E-state index contributed by atoms with van der Waals surface area (Å²) in [4.78, 5) is 25.6. The maximum Gasteiger partial charge on any atom is 0.405 e. The molecule has 2 N–H and O–H groups in total. The summed E-state index contributed by atoms with van der Waals surface area (Å²) in [6.45, 7) is 1.22. The van der Waals surface area contributed by atoms with Crippen molar-refractivity contribution in [3.8, 4) is 0 Å². The molecular formula is C22H24F3N9. The van der Waals surface area contributed by atoms with Gasteiger partial charge in [0.05, 0.1) is 0 Å². The number of halogens is 3. The Morgan fingerprint density at radius 3 is 2.00 bits per heavy atom. The molecule has 178 valence electrons. The van der Waals surface area contributed by atoms with Crippen LogP contribution in [0.1, 0.15) is 11.1 Å². The van der Waals surface area contributed by atoms with Gasteiger partial charge in [0.25, 0.3) is 0 Å². The monoisotopic (exact) mass is 471 g/mol. The van der Waals surface area contributed by atoms with Gasteiger partial charge in [0, 0.05) is 44.6 Å². The summed E-state index contributed by atoms with van der Waals surface area (Å²) < 4.78 is 38.4. The van der Waals surface area contributed by atoms with Crippen LogP contribution in [0.25, 0.3) is 0 Å². The van der Waals surface area contributed by atoms with Gasteiger partial charge in [-0.25, -0.2) is 9.97 Å². The van der Waals surface area contributed by atoms with Crippen LogP contribution in [-0.4, -0.2) is 69.9 Å². The molecular weight excluding hydrogens is 447 g/mol. The second kappa shape index (κ2) is 9.27. The van der Waals surface area contributed by atoms with Gasteiger partial charge >= 0.3 is 6.18 Å². The number of nitrogens with zero attached hydrogens (tertiary/aromatic N) is 7. The number of nitrogens with one attached hydrogen (secondary N) is 2. The highest BCUT2D eigenvalue weighted by Crippen LogP contribution is 2.25. The fourth-order valence-corrected chi connectivity index (χ4v) is 4.23. The van der Waals surface area contributed by atoms with E-state index >= 15 is 0 Å². The van der Waals surface area contributed by atoms with Gasteiger partial charge in [-0.3, -0.25) is 0 Å². The Morgan fingerprint density at radius 2 is 1.38 bits per heavy atom.